The standard InChI is InChI=1S/C39H64N8O8/c1-3-12-29(44-37(52)31(16-9-11-22-41)45-36(51)30(15-8-10-21-40)43-34(49)25(2)42)35(50)46-32(23-27-17-19-28(48)20-18-27)38(53)47-33(39(54)55)24-26-13-6-4-5-7-14-26/h3,17-20,25-26,29-33,48H,1,4-16,21-24,40-42H2,2H3,(H,43,49)(H,44,52)(H,45,51)(H,46,50)(H,47,53)(H,54,55)/t25-,29-,30-,31-,32-,33-/m0/s1. The monoisotopic (exact) mass is 772 g/mol. The molecule has 6 atom stereocenters. The summed E-state index contributed by atoms with van der Waals surface area (Å²) in [6.45, 7) is 5.94. The lowest BCUT2D eigenvalue weighted by molar-refractivity contribution is -0.143. The lowest BCUT2D eigenvalue weighted by atomic mass is 9.92. The van der Waals surface area contributed by atoms with Gasteiger partial charge in [-0.1, -0.05) is 56.7 Å². The number of amides is 5. The molecule has 1 saturated carbocycles. The van der Waals surface area contributed by atoms with Crippen molar-refractivity contribution in [2.24, 2.45) is 23.1 Å². The van der Waals surface area contributed by atoms with Crippen molar-refractivity contribution in [3.05, 3.63) is 42.5 Å². The zero-order chi connectivity index (χ0) is 40.8. The van der Waals surface area contributed by atoms with Crippen molar-refractivity contribution >= 4 is 35.5 Å². The van der Waals surface area contributed by atoms with Crippen molar-refractivity contribution in [3.8, 4) is 5.75 Å². The van der Waals surface area contributed by atoms with Gasteiger partial charge in [0.1, 0.15) is 36.0 Å². The average Bonchev–Trinajstić information content (AvgIpc) is 3.42. The zero-order valence-electron chi connectivity index (χ0n) is 32.2. The molecule has 16 nitrogen and oxygen atoms in total. The van der Waals surface area contributed by atoms with Crippen molar-refractivity contribution in [1.29, 1.82) is 0 Å². The van der Waals surface area contributed by atoms with Gasteiger partial charge in [0.25, 0.3) is 0 Å². The molecule has 1 aliphatic rings. The van der Waals surface area contributed by atoms with Crippen LogP contribution in [0.3, 0.4) is 0 Å². The van der Waals surface area contributed by atoms with Gasteiger partial charge in [-0.25, -0.2) is 4.79 Å². The maximum Gasteiger partial charge on any atom is 0.326 e. The minimum absolute atomic E-state index is 0.00296. The van der Waals surface area contributed by atoms with Crippen molar-refractivity contribution in [1.82, 2.24) is 26.6 Å². The number of hydrogen-bond acceptors (Lipinski definition) is 10. The van der Waals surface area contributed by atoms with Crippen LogP contribution in [0.25, 0.3) is 0 Å². The fourth-order valence-corrected chi connectivity index (χ4v) is 6.55. The quantitative estimate of drug-likeness (QED) is 0.0380. The molecule has 0 saturated heterocycles. The highest BCUT2D eigenvalue weighted by molar-refractivity contribution is 5.96. The molecule has 0 unspecified atom stereocenters. The molecule has 0 bridgehead atoms. The number of carboxylic acid groups (broad SMARTS) is 1. The van der Waals surface area contributed by atoms with Crippen LogP contribution in [0, 0.1) is 5.92 Å². The van der Waals surface area contributed by atoms with Gasteiger partial charge in [-0.2, -0.15) is 0 Å². The molecule has 0 spiro atoms. The Morgan fingerprint density at radius 1 is 0.709 bits per heavy atom. The summed E-state index contributed by atoms with van der Waals surface area (Å²) in [4.78, 5) is 79.7. The summed E-state index contributed by atoms with van der Waals surface area (Å²) < 4.78 is 0. The Kier molecular flexibility index (Phi) is 21.6. The summed E-state index contributed by atoms with van der Waals surface area (Å²) in [5, 5.41) is 33.2. The van der Waals surface area contributed by atoms with Crippen molar-refractivity contribution < 1.29 is 39.0 Å². The summed E-state index contributed by atoms with van der Waals surface area (Å²) in [6, 6.07) is -0.589. The number of phenols is 1. The number of carboxylic acids is 1. The molecule has 55 heavy (non-hydrogen) atoms. The third kappa shape index (κ3) is 17.6. The van der Waals surface area contributed by atoms with Crippen LogP contribution in [0.1, 0.15) is 102 Å². The molecule has 0 radical (unpaired) electrons. The van der Waals surface area contributed by atoms with E-state index >= 15 is 0 Å². The first kappa shape index (κ1) is 46.6. The summed E-state index contributed by atoms with van der Waals surface area (Å²) >= 11 is 0. The highest BCUT2D eigenvalue weighted by Gasteiger charge is 2.33. The third-order valence-electron chi connectivity index (χ3n) is 9.78. The van der Waals surface area contributed by atoms with Crippen LogP contribution in [0.5, 0.6) is 5.75 Å². The zero-order valence-corrected chi connectivity index (χ0v) is 32.2. The SMILES string of the molecule is C=CC[C@H](NC(=O)[C@H](CCCCN)NC(=O)[C@H](CCCCN)NC(=O)[C@H](C)N)C(=O)N[C@@H](Cc1ccc(O)cc1)C(=O)N[C@@H](CC1CCCCCC1)C(=O)O. The van der Waals surface area contributed by atoms with E-state index in [0.29, 0.717) is 44.3 Å². The van der Waals surface area contributed by atoms with E-state index in [1.165, 1.54) is 25.1 Å². The normalized spacial score (nSPS) is 16.5. The van der Waals surface area contributed by atoms with Crippen LogP contribution in [-0.2, 0) is 35.2 Å². The lowest BCUT2D eigenvalue weighted by Crippen LogP contribution is -2.59. The minimum Gasteiger partial charge on any atom is -0.508 e. The Morgan fingerprint density at radius 2 is 1.16 bits per heavy atom. The molecule has 13 N–H and O–H groups in total. The van der Waals surface area contributed by atoms with Crippen LogP contribution in [0.15, 0.2) is 36.9 Å². The maximum atomic E-state index is 13.9. The summed E-state index contributed by atoms with van der Waals surface area (Å²) in [5.74, 6) is -4.31. The van der Waals surface area contributed by atoms with Crippen LogP contribution in [0.4, 0.5) is 0 Å². The van der Waals surface area contributed by atoms with Gasteiger partial charge in [0.2, 0.25) is 29.5 Å². The Labute approximate surface area is 324 Å². The van der Waals surface area contributed by atoms with E-state index in [1.54, 1.807) is 12.1 Å². The largest absolute Gasteiger partial charge is 0.508 e. The second-order valence-electron chi connectivity index (χ2n) is 14.5. The molecule has 2 rings (SSSR count). The van der Waals surface area contributed by atoms with Gasteiger partial charge in [0.05, 0.1) is 6.04 Å². The Balaban J connectivity index is 2.30. The molecule has 1 aromatic carbocycles. The fourth-order valence-electron chi connectivity index (χ4n) is 6.55. The molecule has 1 aliphatic carbocycles. The van der Waals surface area contributed by atoms with Gasteiger partial charge in [-0.15, -0.1) is 6.58 Å². The number of aromatic hydroxyl groups is 1. The topological polar surface area (TPSA) is 281 Å². The first-order valence-electron chi connectivity index (χ1n) is 19.6. The Bertz CT molecular complexity index is 1380. The second-order valence-corrected chi connectivity index (χ2v) is 14.5. The molecule has 5 amide bonds. The Hall–Kier alpha value is -4.54. The van der Waals surface area contributed by atoms with Gasteiger partial charge in [-0.3, -0.25) is 24.0 Å². The minimum atomic E-state index is -1.25. The highest BCUT2D eigenvalue weighted by Crippen LogP contribution is 2.26. The molecule has 0 aromatic heterocycles. The number of nitrogens with one attached hydrogen (secondary N) is 5. The van der Waals surface area contributed by atoms with Gasteiger partial charge in [0.15, 0.2) is 0 Å². The average molecular weight is 773 g/mol. The third-order valence-corrected chi connectivity index (χ3v) is 9.78. The van der Waals surface area contributed by atoms with Gasteiger partial charge >= 0.3 is 5.97 Å². The van der Waals surface area contributed by atoms with Crippen LogP contribution in [0.2, 0.25) is 0 Å². The molecule has 0 heterocycles. The molecular weight excluding hydrogens is 708 g/mol. The number of hydrogen-bond donors (Lipinski definition) is 10. The van der Waals surface area contributed by atoms with E-state index in [0.717, 1.165) is 38.5 Å². The second kappa shape index (κ2) is 25.5. The molecule has 308 valence electrons. The van der Waals surface area contributed by atoms with Crippen LogP contribution >= 0.6 is 0 Å². The Morgan fingerprint density at radius 3 is 1.65 bits per heavy atom. The number of benzene rings is 1. The lowest BCUT2D eigenvalue weighted by Gasteiger charge is -2.27. The highest BCUT2D eigenvalue weighted by atomic mass is 16.4. The molecule has 16 heteroatoms. The smallest absolute Gasteiger partial charge is 0.326 e. The predicted octanol–water partition coefficient (Wildman–Crippen LogP) is 0.985. The van der Waals surface area contributed by atoms with E-state index in [-0.39, 0.29) is 43.8 Å². The number of nitrogens with two attached hydrogens (primary N) is 3. The van der Waals surface area contributed by atoms with E-state index in [1.807, 2.05) is 0 Å². The summed E-state index contributed by atoms with van der Waals surface area (Å²) in [7, 11) is 0. The van der Waals surface area contributed by atoms with Crippen molar-refractivity contribution in [2.75, 3.05) is 13.1 Å². The molecule has 0 aliphatic heterocycles. The van der Waals surface area contributed by atoms with E-state index in [9.17, 15) is 39.0 Å². The van der Waals surface area contributed by atoms with Gasteiger partial charge in [-0.05, 0) is 95.0 Å². The first-order chi connectivity index (χ1) is 26.3. The van der Waals surface area contributed by atoms with Crippen molar-refractivity contribution in [2.45, 2.75) is 139 Å². The number of phenolic OH excluding ortho intramolecular Hbond substituents is 1. The van der Waals surface area contributed by atoms with Crippen molar-refractivity contribution in [3.63, 3.8) is 0 Å². The summed E-state index contributed by atoms with van der Waals surface area (Å²) in [5.41, 5.74) is 17.6. The summed E-state index contributed by atoms with van der Waals surface area (Å²) in [6.07, 6.45) is 10.1. The van der Waals surface area contributed by atoms with E-state index < -0.39 is 71.8 Å². The first-order valence-corrected chi connectivity index (χ1v) is 19.6. The fraction of sp³-hybridized carbons (Fsp3) is 0.641. The van der Waals surface area contributed by atoms with Gasteiger partial charge in [0, 0.05) is 6.42 Å². The van der Waals surface area contributed by atoms with Crippen LogP contribution in [-0.4, -0.2) is 95.1 Å². The number of unbranched alkanes of at least 4 members (excludes halogenated alkanes) is 2. The van der Waals surface area contributed by atoms with Crippen LogP contribution < -0.4 is 43.8 Å². The van der Waals surface area contributed by atoms with E-state index in [4.69, 9.17) is 17.2 Å². The number of carbonyl (C=O) groups excluding carboxylic acids is 5. The number of aliphatic carboxylic acids is 1. The molecular formula is C39H64N8O8. The van der Waals surface area contributed by atoms with E-state index in [2.05, 4.69) is 33.2 Å². The van der Waals surface area contributed by atoms with Gasteiger partial charge < -0.3 is 54.0 Å². The molecule has 1 fully saturated rings. The number of rotatable bonds is 25. The predicted molar refractivity (Wildman–Crippen MR) is 209 cm³/mol. The number of carbonyl (C=O) groups is 6. The molecule has 1 aromatic rings. The maximum absolute atomic E-state index is 13.9.